The van der Waals surface area contributed by atoms with Crippen LogP contribution in [0.5, 0.6) is 0 Å². The largest absolute Gasteiger partial charge is 0.481 e. The van der Waals surface area contributed by atoms with E-state index in [1.54, 1.807) is 4.90 Å². The normalized spacial score (nSPS) is 11.0. The van der Waals surface area contributed by atoms with Gasteiger partial charge in [-0.3, -0.25) is 9.59 Å². The van der Waals surface area contributed by atoms with Gasteiger partial charge in [-0.1, -0.05) is 13.8 Å². The molecule has 0 aromatic carbocycles. The Kier molecular flexibility index (Phi) is 8.37. The zero-order chi connectivity index (χ0) is 14.1. The van der Waals surface area contributed by atoms with Crippen molar-refractivity contribution in [2.45, 2.75) is 46.6 Å². The number of carboxylic acid groups (broad SMARTS) is 1. The first-order valence-corrected chi connectivity index (χ1v) is 6.46. The smallest absolute Gasteiger partial charge is 0.305 e. The van der Waals surface area contributed by atoms with Gasteiger partial charge in [-0.05, 0) is 20.3 Å². The summed E-state index contributed by atoms with van der Waals surface area (Å²) in [5.74, 6) is -0.986. The Morgan fingerprint density at radius 2 is 1.78 bits per heavy atom. The van der Waals surface area contributed by atoms with E-state index >= 15 is 0 Å². The molecule has 0 fully saturated rings. The molecule has 5 nitrogen and oxygen atoms in total. The number of aliphatic carboxylic acids is 1. The molecule has 1 N–H and O–H groups in total. The lowest BCUT2D eigenvalue weighted by atomic mass is 10.2. The fourth-order valence-corrected chi connectivity index (χ4v) is 1.50. The Morgan fingerprint density at radius 3 is 2.22 bits per heavy atom. The quantitative estimate of drug-likeness (QED) is 0.641. The minimum Gasteiger partial charge on any atom is -0.481 e. The number of nitrogens with zero attached hydrogens (tertiary/aromatic N) is 1. The Hall–Kier alpha value is -1.10. The van der Waals surface area contributed by atoms with Gasteiger partial charge in [0.1, 0.15) is 0 Å². The molecule has 0 radical (unpaired) electrons. The maximum Gasteiger partial charge on any atom is 0.305 e. The van der Waals surface area contributed by atoms with Gasteiger partial charge in [0.15, 0.2) is 0 Å². The lowest BCUT2D eigenvalue weighted by molar-refractivity contribution is -0.139. The zero-order valence-corrected chi connectivity index (χ0v) is 11.8. The average Bonchev–Trinajstić information content (AvgIpc) is 2.26. The average molecular weight is 259 g/mol. The molecule has 1 amide bonds. The fourth-order valence-electron chi connectivity index (χ4n) is 1.50. The Labute approximate surface area is 109 Å². The Balaban J connectivity index is 4.12. The van der Waals surface area contributed by atoms with E-state index in [0.29, 0.717) is 13.2 Å². The SMILES string of the molecule is CC(C)OCCCN(CCC(=O)O)C(=O)C(C)C. The van der Waals surface area contributed by atoms with Crippen LogP contribution in [-0.4, -0.2) is 47.7 Å². The molecular weight excluding hydrogens is 234 g/mol. The first kappa shape index (κ1) is 16.9. The molecule has 0 rings (SSSR count). The highest BCUT2D eigenvalue weighted by atomic mass is 16.5. The number of amides is 1. The van der Waals surface area contributed by atoms with E-state index in [-0.39, 0.29) is 30.9 Å². The van der Waals surface area contributed by atoms with Gasteiger partial charge in [0.05, 0.1) is 12.5 Å². The lowest BCUT2D eigenvalue weighted by Crippen LogP contribution is -2.37. The maximum absolute atomic E-state index is 11.9. The summed E-state index contributed by atoms with van der Waals surface area (Å²) in [7, 11) is 0. The molecule has 0 saturated carbocycles. The van der Waals surface area contributed by atoms with Gasteiger partial charge in [0.25, 0.3) is 0 Å². The van der Waals surface area contributed by atoms with E-state index < -0.39 is 5.97 Å². The second kappa shape index (κ2) is 8.91. The van der Waals surface area contributed by atoms with Crippen LogP contribution in [0, 0.1) is 5.92 Å². The van der Waals surface area contributed by atoms with Crippen LogP contribution < -0.4 is 0 Å². The van der Waals surface area contributed by atoms with Crippen LogP contribution >= 0.6 is 0 Å². The molecule has 0 aromatic rings. The Bertz CT molecular complexity index is 264. The summed E-state index contributed by atoms with van der Waals surface area (Å²) in [6.07, 6.45) is 0.901. The van der Waals surface area contributed by atoms with Gasteiger partial charge in [0, 0.05) is 25.6 Å². The van der Waals surface area contributed by atoms with Crippen molar-refractivity contribution < 1.29 is 19.4 Å². The highest BCUT2D eigenvalue weighted by Gasteiger charge is 2.17. The summed E-state index contributed by atoms with van der Waals surface area (Å²) < 4.78 is 5.40. The van der Waals surface area contributed by atoms with Gasteiger partial charge < -0.3 is 14.7 Å². The van der Waals surface area contributed by atoms with Gasteiger partial charge in [-0.15, -0.1) is 0 Å². The summed E-state index contributed by atoms with van der Waals surface area (Å²) in [4.78, 5) is 24.0. The Morgan fingerprint density at radius 1 is 1.17 bits per heavy atom. The molecule has 0 atom stereocenters. The number of rotatable bonds is 9. The van der Waals surface area contributed by atoms with Crippen LogP contribution in [0.2, 0.25) is 0 Å². The molecule has 0 aromatic heterocycles. The number of carboxylic acids is 1. The van der Waals surface area contributed by atoms with E-state index in [2.05, 4.69) is 0 Å². The maximum atomic E-state index is 11.9. The molecule has 106 valence electrons. The third-order valence-electron chi connectivity index (χ3n) is 2.42. The fraction of sp³-hybridized carbons (Fsp3) is 0.846. The summed E-state index contributed by atoms with van der Waals surface area (Å²) in [5, 5.41) is 8.66. The predicted molar refractivity (Wildman–Crippen MR) is 69.4 cm³/mol. The van der Waals surface area contributed by atoms with Gasteiger partial charge in [0.2, 0.25) is 5.91 Å². The molecule has 5 heteroatoms. The predicted octanol–water partition coefficient (Wildman–Crippen LogP) is 1.76. The van der Waals surface area contributed by atoms with Crippen molar-refractivity contribution in [3.8, 4) is 0 Å². The highest BCUT2D eigenvalue weighted by Crippen LogP contribution is 2.04. The van der Waals surface area contributed by atoms with Crippen molar-refractivity contribution in [3.05, 3.63) is 0 Å². The standard InChI is InChI=1S/C13H25NO4/c1-10(2)13(17)14(8-6-12(15)16)7-5-9-18-11(3)4/h10-11H,5-9H2,1-4H3,(H,15,16). The van der Waals surface area contributed by atoms with E-state index in [9.17, 15) is 9.59 Å². The van der Waals surface area contributed by atoms with Crippen molar-refractivity contribution >= 4 is 11.9 Å². The molecule has 0 spiro atoms. The summed E-state index contributed by atoms with van der Waals surface area (Å²) in [6, 6.07) is 0. The molecule has 0 bridgehead atoms. The molecule has 0 aliphatic rings. The van der Waals surface area contributed by atoms with E-state index in [0.717, 1.165) is 6.42 Å². The topological polar surface area (TPSA) is 66.8 Å². The summed E-state index contributed by atoms with van der Waals surface area (Å²) in [6.45, 7) is 8.97. The zero-order valence-electron chi connectivity index (χ0n) is 11.8. The van der Waals surface area contributed by atoms with Crippen molar-refractivity contribution in [2.75, 3.05) is 19.7 Å². The molecule has 0 unspecified atom stereocenters. The molecule has 0 aliphatic heterocycles. The third kappa shape index (κ3) is 8.06. The van der Waals surface area contributed by atoms with E-state index in [1.165, 1.54) is 0 Å². The molecule has 0 aliphatic carbocycles. The van der Waals surface area contributed by atoms with Gasteiger partial charge in [-0.2, -0.15) is 0 Å². The van der Waals surface area contributed by atoms with Gasteiger partial charge in [-0.25, -0.2) is 0 Å². The molecule has 0 saturated heterocycles. The number of carbonyl (C=O) groups excluding carboxylic acids is 1. The van der Waals surface area contributed by atoms with Gasteiger partial charge >= 0.3 is 5.97 Å². The summed E-state index contributed by atoms with van der Waals surface area (Å²) >= 11 is 0. The van der Waals surface area contributed by atoms with Crippen molar-refractivity contribution in [1.29, 1.82) is 0 Å². The monoisotopic (exact) mass is 259 g/mol. The third-order valence-corrected chi connectivity index (χ3v) is 2.42. The molecule has 18 heavy (non-hydrogen) atoms. The number of hydrogen-bond acceptors (Lipinski definition) is 3. The first-order valence-electron chi connectivity index (χ1n) is 6.46. The second-order valence-electron chi connectivity index (χ2n) is 4.90. The number of ether oxygens (including phenoxy) is 1. The summed E-state index contributed by atoms with van der Waals surface area (Å²) in [5.41, 5.74) is 0. The van der Waals surface area contributed by atoms with Crippen molar-refractivity contribution in [3.63, 3.8) is 0 Å². The van der Waals surface area contributed by atoms with Crippen LogP contribution in [0.15, 0.2) is 0 Å². The highest BCUT2D eigenvalue weighted by molar-refractivity contribution is 5.78. The first-order chi connectivity index (χ1) is 8.34. The van der Waals surface area contributed by atoms with Crippen molar-refractivity contribution in [1.82, 2.24) is 4.90 Å². The van der Waals surface area contributed by atoms with Crippen molar-refractivity contribution in [2.24, 2.45) is 5.92 Å². The van der Waals surface area contributed by atoms with E-state index in [1.807, 2.05) is 27.7 Å². The minimum absolute atomic E-state index is 0.000738. The molecular formula is C13H25NO4. The van der Waals surface area contributed by atoms with Crippen LogP contribution in [0.1, 0.15) is 40.5 Å². The minimum atomic E-state index is -0.880. The number of hydrogen-bond donors (Lipinski definition) is 1. The van der Waals surface area contributed by atoms with Crippen LogP contribution in [0.3, 0.4) is 0 Å². The lowest BCUT2D eigenvalue weighted by Gasteiger charge is -2.24. The molecule has 0 heterocycles. The number of carbonyl (C=O) groups is 2. The van der Waals surface area contributed by atoms with Crippen LogP contribution in [0.25, 0.3) is 0 Å². The van der Waals surface area contributed by atoms with E-state index in [4.69, 9.17) is 9.84 Å². The second-order valence-corrected chi connectivity index (χ2v) is 4.90. The van der Waals surface area contributed by atoms with Crippen LogP contribution in [-0.2, 0) is 14.3 Å². The van der Waals surface area contributed by atoms with Crippen LogP contribution in [0.4, 0.5) is 0 Å².